The van der Waals surface area contributed by atoms with Crippen molar-refractivity contribution in [1.82, 2.24) is 9.97 Å². The number of hydrogen-bond donors (Lipinski definition) is 2. The van der Waals surface area contributed by atoms with Crippen molar-refractivity contribution in [3.05, 3.63) is 75.8 Å². The van der Waals surface area contributed by atoms with Crippen molar-refractivity contribution in [3.8, 4) is 0 Å². The number of H-pyrrole nitrogens is 1. The molecular formula is C18H19ClN4OS. The highest BCUT2D eigenvalue weighted by Gasteiger charge is 2.06. The predicted molar refractivity (Wildman–Crippen MR) is 107 cm³/mol. The second-order valence-electron chi connectivity index (χ2n) is 5.41. The van der Waals surface area contributed by atoms with Crippen LogP contribution in [-0.4, -0.2) is 15.1 Å². The van der Waals surface area contributed by atoms with Crippen LogP contribution in [-0.2, 0) is 12.3 Å². The van der Waals surface area contributed by atoms with Crippen LogP contribution in [0.2, 0.25) is 0 Å². The Labute approximate surface area is 156 Å². The van der Waals surface area contributed by atoms with Crippen molar-refractivity contribution >= 4 is 40.2 Å². The van der Waals surface area contributed by atoms with Crippen molar-refractivity contribution in [2.75, 3.05) is 0 Å². The summed E-state index contributed by atoms with van der Waals surface area (Å²) in [4.78, 5) is 23.8. The standard InChI is InChI=1S/C18H18N4OS.ClH/c1-12-6-5-9-14-16(12)21-15(22-17(14)23)11-24-18(19)20-10-13-7-3-2-4-8-13;/h2-9H,10-11H2,1H3,(H2,19,20)(H,21,22,23);1H. The molecule has 0 aliphatic heterocycles. The molecule has 0 aliphatic carbocycles. The summed E-state index contributed by atoms with van der Waals surface area (Å²) >= 11 is 1.37. The topological polar surface area (TPSA) is 84.1 Å². The highest BCUT2D eigenvalue weighted by molar-refractivity contribution is 8.13. The lowest BCUT2D eigenvalue weighted by molar-refractivity contribution is 1.04. The van der Waals surface area contributed by atoms with Gasteiger partial charge in [-0.05, 0) is 24.1 Å². The lowest BCUT2D eigenvalue weighted by Crippen LogP contribution is -2.13. The maximum atomic E-state index is 12.1. The number of aliphatic imine (C=N–C) groups is 1. The van der Waals surface area contributed by atoms with Gasteiger partial charge < -0.3 is 10.7 Å². The zero-order valence-corrected chi connectivity index (χ0v) is 15.4. The molecule has 130 valence electrons. The summed E-state index contributed by atoms with van der Waals surface area (Å²) in [5.74, 6) is 1.08. The van der Waals surface area contributed by atoms with Crippen molar-refractivity contribution in [2.45, 2.75) is 19.2 Å². The summed E-state index contributed by atoms with van der Waals surface area (Å²) in [5.41, 5.74) is 8.64. The number of thioether (sulfide) groups is 1. The van der Waals surface area contributed by atoms with E-state index in [0.717, 1.165) is 16.6 Å². The van der Waals surface area contributed by atoms with Gasteiger partial charge in [-0.25, -0.2) is 4.98 Å². The number of aryl methyl sites for hydroxylation is 1. The van der Waals surface area contributed by atoms with E-state index in [1.54, 1.807) is 6.07 Å². The molecule has 0 bridgehead atoms. The number of nitrogens with two attached hydrogens (primary N) is 1. The Kier molecular flexibility index (Phi) is 6.61. The Morgan fingerprint density at radius 1 is 1.20 bits per heavy atom. The van der Waals surface area contributed by atoms with E-state index < -0.39 is 0 Å². The molecule has 0 unspecified atom stereocenters. The van der Waals surface area contributed by atoms with Crippen molar-refractivity contribution in [2.24, 2.45) is 10.7 Å². The first-order chi connectivity index (χ1) is 11.6. The van der Waals surface area contributed by atoms with Gasteiger partial charge in [-0.1, -0.05) is 54.2 Å². The first-order valence-electron chi connectivity index (χ1n) is 7.58. The number of rotatable bonds is 4. The van der Waals surface area contributed by atoms with E-state index >= 15 is 0 Å². The molecule has 0 saturated carbocycles. The minimum absolute atomic E-state index is 0. The normalized spacial score (nSPS) is 11.3. The molecule has 1 aromatic heterocycles. The van der Waals surface area contributed by atoms with Crippen LogP contribution in [0.25, 0.3) is 10.9 Å². The van der Waals surface area contributed by atoms with E-state index in [1.165, 1.54) is 11.8 Å². The average Bonchev–Trinajstić information content (AvgIpc) is 2.60. The molecule has 1 heterocycles. The summed E-state index contributed by atoms with van der Waals surface area (Å²) in [5, 5.41) is 1.08. The molecule has 0 fully saturated rings. The van der Waals surface area contributed by atoms with Gasteiger partial charge in [-0.15, -0.1) is 12.4 Å². The zero-order valence-electron chi connectivity index (χ0n) is 13.7. The minimum atomic E-state index is -0.126. The van der Waals surface area contributed by atoms with Crippen molar-refractivity contribution < 1.29 is 0 Å². The number of aromatic amines is 1. The monoisotopic (exact) mass is 374 g/mol. The molecular weight excluding hydrogens is 356 g/mol. The number of para-hydroxylation sites is 1. The Bertz CT molecular complexity index is 941. The third kappa shape index (κ3) is 4.84. The maximum Gasteiger partial charge on any atom is 0.258 e. The Hall–Kier alpha value is -2.31. The highest BCUT2D eigenvalue weighted by atomic mass is 35.5. The van der Waals surface area contributed by atoms with Crippen molar-refractivity contribution in [3.63, 3.8) is 0 Å². The number of nitrogens with one attached hydrogen (secondary N) is 1. The average molecular weight is 375 g/mol. The summed E-state index contributed by atoms with van der Waals surface area (Å²) in [6.07, 6.45) is 0. The minimum Gasteiger partial charge on any atom is -0.379 e. The number of fused-ring (bicyclic) bond motifs is 1. The van der Waals surface area contributed by atoms with Crippen LogP contribution in [0.1, 0.15) is 17.0 Å². The predicted octanol–water partition coefficient (Wildman–Crippen LogP) is 3.40. The van der Waals surface area contributed by atoms with Gasteiger partial charge in [0.25, 0.3) is 5.56 Å². The van der Waals surface area contributed by atoms with E-state index in [2.05, 4.69) is 15.0 Å². The summed E-state index contributed by atoms with van der Waals surface area (Å²) < 4.78 is 0. The first-order valence-corrected chi connectivity index (χ1v) is 8.57. The number of amidine groups is 1. The highest BCUT2D eigenvalue weighted by Crippen LogP contribution is 2.15. The molecule has 25 heavy (non-hydrogen) atoms. The third-order valence-corrected chi connectivity index (χ3v) is 4.45. The molecule has 5 nitrogen and oxygen atoms in total. The van der Waals surface area contributed by atoms with Crippen LogP contribution in [0.3, 0.4) is 0 Å². The fraction of sp³-hybridized carbons (Fsp3) is 0.167. The van der Waals surface area contributed by atoms with Gasteiger partial charge in [0.2, 0.25) is 0 Å². The Morgan fingerprint density at radius 2 is 1.96 bits per heavy atom. The second-order valence-corrected chi connectivity index (χ2v) is 6.41. The van der Waals surface area contributed by atoms with Crippen LogP contribution < -0.4 is 11.3 Å². The van der Waals surface area contributed by atoms with Gasteiger partial charge in [-0.3, -0.25) is 9.79 Å². The molecule has 0 aliphatic rings. The quantitative estimate of drug-likeness (QED) is 0.541. The maximum absolute atomic E-state index is 12.1. The van der Waals surface area contributed by atoms with Gasteiger partial charge in [0.05, 0.1) is 23.2 Å². The molecule has 0 radical (unpaired) electrons. The molecule has 0 atom stereocenters. The first kappa shape index (κ1) is 19.0. The van der Waals surface area contributed by atoms with Gasteiger partial charge in [0, 0.05) is 0 Å². The third-order valence-electron chi connectivity index (χ3n) is 3.60. The number of hydrogen-bond acceptors (Lipinski definition) is 4. The SMILES string of the molecule is Cc1cccc2c(=O)[nH]c(CSC(N)=NCc3ccccc3)nc12.Cl. The van der Waals surface area contributed by atoms with Gasteiger partial charge in [-0.2, -0.15) is 0 Å². The van der Waals surface area contributed by atoms with Crippen LogP contribution in [0, 0.1) is 6.92 Å². The fourth-order valence-corrected chi connectivity index (χ4v) is 2.94. The molecule has 3 rings (SSSR count). The largest absolute Gasteiger partial charge is 0.379 e. The van der Waals surface area contributed by atoms with Crippen LogP contribution in [0.4, 0.5) is 0 Å². The Morgan fingerprint density at radius 3 is 2.72 bits per heavy atom. The molecule has 0 spiro atoms. The lowest BCUT2D eigenvalue weighted by Gasteiger charge is -2.05. The van der Waals surface area contributed by atoms with E-state index in [-0.39, 0.29) is 18.0 Å². The van der Waals surface area contributed by atoms with E-state index in [0.29, 0.717) is 28.7 Å². The number of nitrogens with zero attached hydrogens (tertiary/aromatic N) is 2. The molecule has 2 aromatic carbocycles. The van der Waals surface area contributed by atoms with Gasteiger partial charge >= 0.3 is 0 Å². The summed E-state index contributed by atoms with van der Waals surface area (Å²) in [6.45, 7) is 2.49. The molecule has 3 N–H and O–H groups in total. The van der Waals surface area contributed by atoms with Crippen molar-refractivity contribution in [1.29, 1.82) is 0 Å². The van der Waals surface area contributed by atoms with Crippen LogP contribution in [0.15, 0.2) is 58.3 Å². The second kappa shape index (κ2) is 8.69. The fourth-order valence-electron chi connectivity index (χ4n) is 2.36. The van der Waals surface area contributed by atoms with Crippen LogP contribution in [0.5, 0.6) is 0 Å². The molecule has 7 heteroatoms. The molecule has 3 aromatic rings. The van der Waals surface area contributed by atoms with E-state index in [4.69, 9.17) is 5.73 Å². The number of halogens is 1. The van der Waals surface area contributed by atoms with Gasteiger partial charge in [0.15, 0.2) is 5.17 Å². The summed E-state index contributed by atoms with van der Waals surface area (Å²) in [6, 6.07) is 15.5. The zero-order chi connectivity index (χ0) is 16.9. The lowest BCUT2D eigenvalue weighted by atomic mass is 10.1. The van der Waals surface area contributed by atoms with Crippen LogP contribution >= 0.6 is 24.2 Å². The summed E-state index contributed by atoms with van der Waals surface area (Å²) in [7, 11) is 0. The molecule has 0 saturated heterocycles. The van der Waals surface area contributed by atoms with Gasteiger partial charge in [0.1, 0.15) is 5.82 Å². The smallest absolute Gasteiger partial charge is 0.258 e. The molecule has 0 amide bonds. The van der Waals surface area contributed by atoms with E-state index in [1.807, 2.05) is 49.4 Å². The van der Waals surface area contributed by atoms with E-state index in [9.17, 15) is 4.79 Å². The Balaban J connectivity index is 0.00000225. The number of benzene rings is 2. The number of aromatic nitrogens is 2.